The molecular formula is C12H16BrNO4S2. The van der Waals surface area contributed by atoms with Gasteiger partial charge in [-0.25, -0.2) is 17.9 Å². The van der Waals surface area contributed by atoms with Gasteiger partial charge in [-0.2, -0.15) is 11.8 Å². The maximum absolute atomic E-state index is 12.3. The molecular weight excluding hydrogens is 366 g/mol. The lowest BCUT2D eigenvalue weighted by Gasteiger charge is -2.13. The topological polar surface area (TPSA) is 83.5 Å². The van der Waals surface area contributed by atoms with Crippen molar-refractivity contribution in [1.82, 2.24) is 4.72 Å². The van der Waals surface area contributed by atoms with E-state index in [0.29, 0.717) is 10.0 Å². The summed E-state index contributed by atoms with van der Waals surface area (Å²) in [5.74, 6) is -1.17. The minimum absolute atomic E-state index is 0.0161. The molecule has 0 fully saturated rings. The minimum Gasteiger partial charge on any atom is -0.478 e. The van der Waals surface area contributed by atoms with Crippen molar-refractivity contribution in [1.29, 1.82) is 0 Å². The van der Waals surface area contributed by atoms with Crippen LogP contribution >= 0.6 is 27.7 Å². The zero-order chi connectivity index (χ0) is 15.5. The van der Waals surface area contributed by atoms with Crippen molar-refractivity contribution >= 4 is 43.7 Å². The Balaban J connectivity index is 3.20. The molecule has 0 radical (unpaired) electrons. The number of halogens is 1. The molecule has 1 atom stereocenters. The summed E-state index contributed by atoms with van der Waals surface area (Å²) in [5.41, 5.74) is 0.417. The highest BCUT2D eigenvalue weighted by Crippen LogP contribution is 2.26. The van der Waals surface area contributed by atoms with Gasteiger partial charge >= 0.3 is 5.97 Å². The quantitative estimate of drug-likeness (QED) is 0.790. The molecule has 5 nitrogen and oxygen atoms in total. The smallest absolute Gasteiger partial charge is 0.335 e. The van der Waals surface area contributed by atoms with Crippen molar-refractivity contribution in [3.8, 4) is 0 Å². The molecule has 1 aromatic carbocycles. The van der Waals surface area contributed by atoms with Gasteiger partial charge in [-0.05, 0) is 30.9 Å². The number of carbonyl (C=O) groups is 1. The molecule has 0 aliphatic heterocycles. The fourth-order valence-corrected chi connectivity index (χ4v) is 3.81. The van der Waals surface area contributed by atoms with Crippen LogP contribution in [0, 0.1) is 6.92 Å². The second kappa shape index (κ2) is 6.93. The molecule has 112 valence electrons. The number of carboxylic acid groups (broad SMARTS) is 1. The summed E-state index contributed by atoms with van der Waals surface area (Å²) in [7, 11) is -3.73. The van der Waals surface area contributed by atoms with Crippen molar-refractivity contribution in [3.05, 3.63) is 27.7 Å². The molecule has 0 spiro atoms. The van der Waals surface area contributed by atoms with Crippen LogP contribution < -0.4 is 4.72 Å². The van der Waals surface area contributed by atoms with Gasteiger partial charge in [0.05, 0.1) is 10.5 Å². The van der Waals surface area contributed by atoms with Crippen LogP contribution in [0.25, 0.3) is 0 Å². The normalized spacial score (nSPS) is 13.2. The molecule has 0 bridgehead atoms. The van der Waals surface area contributed by atoms with Crippen LogP contribution in [0.15, 0.2) is 21.5 Å². The predicted octanol–water partition coefficient (Wildman–Crippen LogP) is 2.49. The molecule has 20 heavy (non-hydrogen) atoms. The molecule has 1 unspecified atom stereocenters. The Morgan fingerprint density at radius 3 is 2.60 bits per heavy atom. The molecule has 0 saturated carbocycles. The number of hydrogen-bond donors (Lipinski definition) is 2. The van der Waals surface area contributed by atoms with Gasteiger partial charge in [0.1, 0.15) is 0 Å². The summed E-state index contributed by atoms with van der Waals surface area (Å²) in [5, 5.41) is 9.14. The summed E-state index contributed by atoms with van der Waals surface area (Å²) >= 11 is 4.74. The average Bonchev–Trinajstić information content (AvgIpc) is 2.38. The van der Waals surface area contributed by atoms with E-state index < -0.39 is 16.0 Å². The zero-order valence-corrected chi connectivity index (χ0v) is 14.5. The number of hydrogen-bond acceptors (Lipinski definition) is 4. The van der Waals surface area contributed by atoms with Gasteiger partial charge < -0.3 is 5.11 Å². The molecule has 0 saturated heterocycles. The summed E-state index contributed by atoms with van der Waals surface area (Å²) < 4.78 is 27.5. The maximum atomic E-state index is 12.3. The minimum atomic E-state index is -3.73. The lowest BCUT2D eigenvalue weighted by Crippen LogP contribution is -2.30. The molecule has 0 aromatic heterocycles. The van der Waals surface area contributed by atoms with Crippen molar-refractivity contribution in [2.24, 2.45) is 0 Å². The van der Waals surface area contributed by atoms with E-state index in [1.54, 1.807) is 18.7 Å². The molecule has 1 aromatic rings. The van der Waals surface area contributed by atoms with Gasteiger partial charge in [-0.3, -0.25) is 0 Å². The SMILES string of the molecule is CSC(C)CNS(=O)(=O)c1cc(C(=O)O)cc(Br)c1C. The number of benzene rings is 1. The molecule has 0 amide bonds. The third-order valence-electron chi connectivity index (χ3n) is 2.80. The van der Waals surface area contributed by atoms with Gasteiger partial charge in [-0.1, -0.05) is 22.9 Å². The Hall–Kier alpha value is -0.570. The summed E-state index contributed by atoms with van der Waals surface area (Å²) in [6.45, 7) is 3.82. The molecule has 8 heteroatoms. The molecule has 2 N–H and O–H groups in total. The van der Waals surface area contributed by atoms with E-state index in [2.05, 4.69) is 20.7 Å². The van der Waals surface area contributed by atoms with E-state index in [1.165, 1.54) is 12.1 Å². The van der Waals surface area contributed by atoms with Crippen molar-refractivity contribution in [2.45, 2.75) is 24.0 Å². The third kappa shape index (κ3) is 4.21. The molecule has 0 aliphatic carbocycles. The van der Waals surface area contributed by atoms with E-state index in [-0.39, 0.29) is 22.3 Å². The standard InChI is InChI=1S/C12H16BrNO4S2/c1-7(19-3)6-14-20(17,18)11-5-9(12(15)16)4-10(13)8(11)2/h4-5,7,14H,6H2,1-3H3,(H,15,16). The van der Waals surface area contributed by atoms with E-state index in [0.717, 1.165) is 0 Å². The van der Waals surface area contributed by atoms with Crippen LogP contribution in [0.1, 0.15) is 22.8 Å². The number of carboxylic acids is 1. The van der Waals surface area contributed by atoms with Gasteiger partial charge in [-0.15, -0.1) is 0 Å². The fourth-order valence-electron chi connectivity index (χ4n) is 1.44. The highest BCUT2D eigenvalue weighted by atomic mass is 79.9. The summed E-state index contributed by atoms with van der Waals surface area (Å²) in [6.07, 6.45) is 1.89. The summed E-state index contributed by atoms with van der Waals surface area (Å²) in [6, 6.07) is 2.57. The van der Waals surface area contributed by atoms with Crippen molar-refractivity contribution in [2.75, 3.05) is 12.8 Å². The number of sulfonamides is 1. The first-order valence-electron chi connectivity index (χ1n) is 5.75. The van der Waals surface area contributed by atoms with Crippen molar-refractivity contribution < 1.29 is 18.3 Å². The average molecular weight is 382 g/mol. The van der Waals surface area contributed by atoms with E-state index in [4.69, 9.17) is 5.11 Å². The van der Waals surface area contributed by atoms with Crippen LogP contribution in [0.4, 0.5) is 0 Å². The maximum Gasteiger partial charge on any atom is 0.335 e. The number of aromatic carboxylic acids is 1. The third-order valence-corrected chi connectivity index (χ3v) is 6.14. The Morgan fingerprint density at radius 1 is 1.50 bits per heavy atom. The molecule has 0 aliphatic rings. The van der Waals surface area contributed by atoms with Crippen LogP contribution in [0.2, 0.25) is 0 Å². The van der Waals surface area contributed by atoms with Gasteiger partial charge in [0.25, 0.3) is 0 Å². The zero-order valence-electron chi connectivity index (χ0n) is 11.3. The highest BCUT2D eigenvalue weighted by molar-refractivity contribution is 9.10. The van der Waals surface area contributed by atoms with Crippen molar-refractivity contribution in [3.63, 3.8) is 0 Å². The Labute approximate surface area is 131 Å². The lowest BCUT2D eigenvalue weighted by molar-refractivity contribution is 0.0696. The summed E-state index contributed by atoms with van der Waals surface area (Å²) in [4.78, 5) is 11.0. The lowest BCUT2D eigenvalue weighted by atomic mass is 10.1. The van der Waals surface area contributed by atoms with Crippen LogP contribution in [-0.4, -0.2) is 37.5 Å². The number of thioether (sulfide) groups is 1. The Bertz CT molecular complexity index is 616. The second-order valence-corrected chi connectivity index (χ2v) is 8.15. The monoisotopic (exact) mass is 381 g/mol. The van der Waals surface area contributed by atoms with Gasteiger partial charge in [0.2, 0.25) is 10.0 Å². The van der Waals surface area contributed by atoms with Gasteiger partial charge in [0.15, 0.2) is 0 Å². The first-order valence-corrected chi connectivity index (χ1v) is 9.31. The van der Waals surface area contributed by atoms with Crippen LogP contribution in [-0.2, 0) is 10.0 Å². The fraction of sp³-hybridized carbons (Fsp3) is 0.417. The largest absolute Gasteiger partial charge is 0.478 e. The molecule has 0 heterocycles. The first-order chi connectivity index (χ1) is 9.19. The van der Waals surface area contributed by atoms with Crippen LogP contribution in [0.5, 0.6) is 0 Å². The van der Waals surface area contributed by atoms with E-state index in [1.807, 2.05) is 13.2 Å². The number of rotatable bonds is 6. The van der Waals surface area contributed by atoms with E-state index >= 15 is 0 Å². The van der Waals surface area contributed by atoms with E-state index in [9.17, 15) is 13.2 Å². The number of nitrogens with one attached hydrogen (secondary N) is 1. The Morgan fingerprint density at radius 2 is 2.10 bits per heavy atom. The first kappa shape index (κ1) is 17.5. The molecule has 1 rings (SSSR count). The Kier molecular flexibility index (Phi) is 6.06. The second-order valence-electron chi connectivity index (χ2n) is 4.28. The highest BCUT2D eigenvalue weighted by Gasteiger charge is 2.21. The van der Waals surface area contributed by atoms with Gasteiger partial charge in [0, 0.05) is 16.3 Å². The predicted molar refractivity (Wildman–Crippen MR) is 84.0 cm³/mol. The van der Waals surface area contributed by atoms with Crippen LogP contribution in [0.3, 0.4) is 0 Å².